The van der Waals surface area contributed by atoms with Crippen LogP contribution in [0.5, 0.6) is 0 Å². The summed E-state index contributed by atoms with van der Waals surface area (Å²) in [6.45, 7) is 13.8. The molecule has 0 amide bonds. The number of aliphatic hydroxyl groups is 1. The molecule has 0 spiro atoms. The number of hydrogen-bond acceptors (Lipinski definition) is 5. The van der Waals surface area contributed by atoms with Gasteiger partial charge in [-0.1, -0.05) is 39.8 Å². The van der Waals surface area contributed by atoms with Crippen LogP contribution < -0.4 is 0 Å². The van der Waals surface area contributed by atoms with Crippen LogP contribution in [-0.2, 0) is 19.2 Å². The van der Waals surface area contributed by atoms with E-state index in [4.69, 9.17) is 5.11 Å². The second-order valence-corrected chi connectivity index (χ2v) is 12.0. The van der Waals surface area contributed by atoms with E-state index in [2.05, 4.69) is 6.58 Å². The first-order valence-electron chi connectivity index (χ1n) is 12.0. The Kier molecular flexibility index (Phi) is 5.25. The molecule has 0 heterocycles. The molecule has 0 aromatic heterocycles. The first-order valence-corrected chi connectivity index (χ1v) is 12.0. The van der Waals surface area contributed by atoms with Gasteiger partial charge in [0.15, 0.2) is 5.78 Å². The summed E-state index contributed by atoms with van der Waals surface area (Å²) >= 11 is 0. The number of hydrogen-bond donors (Lipinski definition) is 2. The van der Waals surface area contributed by atoms with E-state index in [1.807, 2.05) is 34.6 Å². The maximum atomic E-state index is 13.9. The number of allylic oxidation sites excluding steroid dienone is 2. The average Bonchev–Trinajstić information content (AvgIpc) is 2.92. The van der Waals surface area contributed by atoms with Crippen LogP contribution in [0, 0.1) is 33.5 Å². The summed E-state index contributed by atoms with van der Waals surface area (Å²) in [6.07, 6.45) is 0.878. The van der Waals surface area contributed by atoms with Crippen LogP contribution in [0.4, 0.5) is 0 Å². The summed E-state index contributed by atoms with van der Waals surface area (Å²) in [4.78, 5) is 51.4. The van der Waals surface area contributed by atoms with Gasteiger partial charge in [-0.2, -0.15) is 0 Å². The molecule has 180 valence electrons. The van der Waals surface area contributed by atoms with Crippen molar-refractivity contribution in [2.45, 2.75) is 85.7 Å². The van der Waals surface area contributed by atoms with Crippen molar-refractivity contribution in [2.24, 2.45) is 33.5 Å². The molecule has 6 nitrogen and oxygen atoms in total. The SMILES string of the molecule is C=C(CCC(=O)O)[C@@H]1CC(=O)[C@]2(C)C3=C(C(=O)C[C@]12C)[C@]1(C)CCC(=O)C(C)(C)[C@H]1C[C@@H]3O. The molecule has 2 N–H and O–H groups in total. The lowest BCUT2D eigenvalue weighted by Crippen LogP contribution is -2.59. The fraction of sp³-hybridized carbons (Fsp3) is 0.704. The van der Waals surface area contributed by atoms with E-state index in [0.29, 0.717) is 36.0 Å². The van der Waals surface area contributed by atoms with E-state index in [-0.39, 0.29) is 54.9 Å². The molecular weight excluding hydrogens is 420 g/mol. The summed E-state index contributed by atoms with van der Waals surface area (Å²) in [5, 5.41) is 20.6. The highest BCUT2D eigenvalue weighted by Gasteiger charge is 2.70. The van der Waals surface area contributed by atoms with Gasteiger partial charge in [0.2, 0.25) is 0 Å². The number of carboxylic acid groups (broad SMARTS) is 1. The van der Waals surface area contributed by atoms with Gasteiger partial charge in [-0.15, -0.1) is 0 Å². The van der Waals surface area contributed by atoms with Crippen molar-refractivity contribution in [2.75, 3.05) is 0 Å². The summed E-state index contributed by atoms with van der Waals surface area (Å²) in [5.74, 6) is -1.31. The lowest BCUT2D eigenvalue weighted by molar-refractivity contribution is -0.146. The van der Waals surface area contributed by atoms with E-state index in [1.54, 1.807) is 0 Å². The van der Waals surface area contributed by atoms with Crippen LogP contribution >= 0.6 is 0 Å². The lowest BCUT2D eigenvalue weighted by atomic mass is 9.42. The van der Waals surface area contributed by atoms with Crippen molar-refractivity contribution >= 4 is 23.3 Å². The molecule has 6 heteroatoms. The molecule has 0 aliphatic heterocycles. The van der Waals surface area contributed by atoms with Crippen LogP contribution in [-0.4, -0.2) is 39.6 Å². The molecule has 0 unspecified atom stereocenters. The highest BCUT2D eigenvalue weighted by molar-refractivity contribution is 6.05. The molecule has 0 saturated heterocycles. The number of Topliss-reactive ketones (excluding diaryl/α,β-unsaturated/α-hetero) is 3. The number of carboxylic acids is 1. The topological polar surface area (TPSA) is 109 Å². The van der Waals surface area contributed by atoms with Crippen molar-refractivity contribution in [3.8, 4) is 0 Å². The third kappa shape index (κ3) is 2.95. The molecule has 4 aliphatic rings. The van der Waals surface area contributed by atoms with Gasteiger partial charge in [-0.25, -0.2) is 0 Å². The van der Waals surface area contributed by atoms with Crippen molar-refractivity contribution in [3.05, 3.63) is 23.3 Å². The van der Waals surface area contributed by atoms with Crippen molar-refractivity contribution in [3.63, 3.8) is 0 Å². The van der Waals surface area contributed by atoms with Gasteiger partial charge in [-0.05, 0) is 49.0 Å². The number of ketones is 3. The Balaban J connectivity index is 1.86. The zero-order valence-electron chi connectivity index (χ0n) is 20.4. The van der Waals surface area contributed by atoms with E-state index >= 15 is 0 Å². The van der Waals surface area contributed by atoms with Gasteiger partial charge in [0.05, 0.1) is 11.5 Å². The third-order valence-electron chi connectivity index (χ3n) is 10.2. The van der Waals surface area contributed by atoms with E-state index in [0.717, 1.165) is 0 Å². The molecule has 2 fully saturated rings. The highest BCUT2D eigenvalue weighted by Crippen LogP contribution is 2.70. The summed E-state index contributed by atoms with van der Waals surface area (Å²) < 4.78 is 0. The van der Waals surface area contributed by atoms with Gasteiger partial charge in [0.25, 0.3) is 0 Å². The summed E-state index contributed by atoms with van der Waals surface area (Å²) in [5.41, 5.74) is -1.17. The zero-order valence-corrected chi connectivity index (χ0v) is 20.4. The lowest BCUT2D eigenvalue weighted by Gasteiger charge is -2.60. The first kappa shape index (κ1) is 24.1. The normalized spacial score (nSPS) is 42.0. The maximum absolute atomic E-state index is 13.9. The number of fused-ring (bicyclic) bond motifs is 4. The third-order valence-corrected chi connectivity index (χ3v) is 10.2. The molecule has 4 rings (SSSR count). The van der Waals surface area contributed by atoms with Crippen LogP contribution in [0.25, 0.3) is 0 Å². The number of rotatable bonds is 4. The minimum absolute atomic E-state index is 0.0151. The van der Waals surface area contributed by atoms with Crippen LogP contribution in [0.3, 0.4) is 0 Å². The first-order chi connectivity index (χ1) is 15.1. The van der Waals surface area contributed by atoms with Gasteiger partial charge in [-0.3, -0.25) is 19.2 Å². The zero-order chi connectivity index (χ0) is 24.7. The predicted octanol–water partition coefficient (Wildman–Crippen LogP) is 4.05. The summed E-state index contributed by atoms with van der Waals surface area (Å²) in [6, 6.07) is 0. The van der Waals surface area contributed by atoms with Gasteiger partial charge < -0.3 is 10.2 Å². The molecular formula is C27H36O6. The Morgan fingerprint density at radius 2 is 1.70 bits per heavy atom. The molecule has 0 bridgehead atoms. The Bertz CT molecular complexity index is 1020. The van der Waals surface area contributed by atoms with Gasteiger partial charge in [0, 0.05) is 42.1 Å². The standard InChI is InChI=1S/C27H36O6/c1-14(7-8-21(32)33)15-11-20(31)27(6)23-16(28)12-18-24(2,3)19(30)9-10-25(18,4)22(23)17(29)13-26(15,27)5/h15-16,18,28H,1,7-13H2,2-6H3,(H,32,33)/t15-,16-,18+,25+,26+,27+/m0/s1. The largest absolute Gasteiger partial charge is 0.481 e. The molecule has 0 radical (unpaired) electrons. The number of aliphatic hydroxyl groups excluding tert-OH is 1. The fourth-order valence-corrected chi connectivity index (χ4v) is 8.08. The molecule has 4 aliphatic carbocycles. The van der Waals surface area contributed by atoms with Crippen molar-refractivity contribution in [1.29, 1.82) is 0 Å². The van der Waals surface area contributed by atoms with Crippen LogP contribution in [0.15, 0.2) is 23.3 Å². The maximum Gasteiger partial charge on any atom is 0.303 e. The number of aliphatic carboxylic acids is 1. The quantitative estimate of drug-likeness (QED) is 0.618. The minimum Gasteiger partial charge on any atom is -0.481 e. The monoisotopic (exact) mass is 456 g/mol. The Labute approximate surface area is 195 Å². The van der Waals surface area contributed by atoms with Gasteiger partial charge in [0.1, 0.15) is 11.6 Å². The molecule has 33 heavy (non-hydrogen) atoms. The molecule has 0 aromatic carbocycles. The molecule has 0 aromatic rings. The van der Waals surface area contributed by atoms with Gasteiger partial charge >= 0.3 is 5.97 Å². The Morgan fingerprint density at radius 1 is 1.06 bits per heavy atom. The predicted molar refractivity (Wildman–Crippen MR) is 122 cm³/mol. The van der Waals surface area contributed by atoms with Crippen LogP contribution in [0.1, 0.15) is 79.6 Å². The fourth-order valence-electron chi connectivity index (χ4n) is 8.08. The highest BCUT2D eigenvalue weighted by atomic mass is 16.4. The second kappa shape index (κ2) is 7.21. The van der Waals surface area contributed by atoms with E-state index in [1.165, 1.54) is 0 Å². The van der Waals surface area contributed by atoms with Crippen molar-refractivity contribution in [1.82, 2.24) is 0 Å². The smallest absolute Gasteiger partial charge is 0.303 e. The molecule has 2 saturated carbocycles. The Hall–Kier alpha value is -2.08. The number of carbonyl (C=O) groups excluding carboxylic acids is 3. The summed E-state index contributed by atoms with van der Waals surface area (Å²) in [7, 11) is 0. The van der Waals surface area contributed by atoms with E-state index in [9.17, 15) is 24.3 Å². The Morgan fingerprint density at radius 3 is 2.30 bits per heavy atom. The second-order valence-electron chi connectivity index (χ2n) is 12.0. The molecule has 6 atom stereocenters. The van der Waals surface area contributed by atoms with Crippen molar-refractivity contribution < 1.29 is 29.4 Å². The van der Waals surface area contributed by atoms with E-state index < -0.39 is 33.7 Å². The van der Waals surface area contributed by atoms with Crippen LogP contribution in [0.2, 0.25) is 0 Å². The average molecular weight is 457 g/mol. The number of carbonyl (C=O) groups is 4. The minimum atomic E-state index is -1.02.